The molecule has 1 aromatic rings. The minimum atomic E-state index is -3.71. The Morgan fingerprint density at radius 2 is 2.12 bits per heavy atom. The van der Waals surface area contributed by atoms with E-state index >= 15 is 0 Å². The molecule has 0 bridgehead atoms. The Balaban J connectivity index is 2.44. The van der Waals surface area contributed by atoms with Crippen LogP contribution in [0.1, 0.15) is 30.1 Å². The third-order valence-electron chi connectivity index (χ3n) is 4.07. The summed E-state index contributed by atoms with van der Waals surface area (Å²) in [6.45, 7) is 3.82. The summed E-state index contributed by atoms with van der Waals surface area (Å²) in [6, 6.07) is 4.20. The molecule has 8 heteroatoms. The molecule has 0 aromatic heterocycles. The van der Waals surface area contributed by atoms with E-state index in [1.165, 1.54) is 36.7 Å². The molecular weight excluding hydrogens is 332 g/mol. The van der Waals surface area contributed by atoms with Crippen LogP contribution in [0.25, 0.3) is 0 Å². The number of hydrogen-bond donors (Lipinski definition) is 1. The van der Waals surface area contributed by atoms with Crippen LogP contribution in [0.5, 0.6) is 5.75 Å². The van der Waals surface area contributed by atoms with E-state index in [1.807, 2.05) is 6.92 Å². The predicted octanol–water partition coefficient (Wildman–Crippen LogP) is 1.24. The fourth-order valence-electron chi connectivity index (χ4n) is 2.86. The van der Waals surface area contributed by atoms with E-state index in [1.54, 1.807) is 0 Å². The van der Waals surface area contributed by atoms with Crippen molar-refractivity contribution in [1.29, 1.82) is 0 Å². The van der Waals surface area contributed by atoms with Crippen molar-refractivity contribution in [2.75, 3.05) is 33.9 Å². The molecule has 0 radical (unpaired) electrons. The van der Waals surface area contributed by atoms with E-state index < -0.39 is 16.0 Å². The van der Waals surface area contributed by atoms with Gasteiger partial charge in [0.15, 0.2) is 0 Å². The number of hydrogen-bond acceptors (Lipinski definition) is 6. The van der Waals surface area contributed by atoms with Crippen LogP contribution >= 0.6 is 0 Å². The van der Waals surface area contributed by atoms with Crippen molar-refractivity contribution in [3.8, 4) is 5.75 Å². The molecule has 1 aliphatic rings. The molecule has 24 heavy (non-hydrogen) atoms. The number of nitrogens with zero attached hydrogens (tertiary/aromatic N) is 1. The van der Waals surface area contributed by atoms with Crippen LogP contribution in [0.3, 0.4) is 0 Å². The summed E-state index contributed by atoms with van der Waals surface area (Å²) in [5.41, 5.74) is 0.0991. The predicted molar refractivity (Wildman–Crippen MR) is 89.8 cm³/mol. The molecule has 134 valence electrons. The van der Waals surface area contributed by atoms with E-state index in [2.05, 4.69) is 5.32 Å². The third kappa shape index (κ3) is 3.71. The fraction of sp³-hybridized carbons (Fsp3) is 0.562. The first kappa shape index (κ1) is 18.7. The van der Waals surface area contributed by atoms with Crippen molar-refractivity contribution in [1.82, 2.24) is 9.62 Å². The van der Waals surface area contributed by atoms with E-state index in [4.69, 9.17) is 9.47 Å². The highest BCUT2D eigenvalue weighted by Gasteiger charge is 2.33. The van der Waals surface area contributed by atoms with Gasteiger partial charge in [0.05, 0.1) is 19.1 Å². The number of methoxy groups -OCH3 is 2. The highest BCUT2D eigenvalue weighted by atomic mass is 32.2. The smallest absolute Gasteiger partial charge is 0.341 e. The minimum absolute atomic E-state index is 0.0707. The number of nitrogens with one attached hydrogen (secondary N) is 1. The Labute approximate surface area is 143 Å². The topological polar surface area (TPSA) is 84.9 Å². The van der Waals surface area contributed by atoms with Gasteiger partial charge in [0.2, 0.25) is 10.0 Å². The zero-order chi connectivity index (χ0) is 17.7. The minimum Gasteiger partial charge on any atom is -0.496 e. The zero-order valence-corrected chi connectivity index (χ0v) is 15.1. The molecule has 0 saturated carbocycles. The van der Waals surface area contributed by atoms with Crippen LogP contribution in [-0.2, 0) is 14.8 Å². The summed E-state index contributed by atoms with van der Waals surface area (Å²) < 4.78 is 37.5. The average Bonchev–Trinajstić information content (AvgIpc) is 3.12. The number of carbonyl (C=O) groups is 1. The second-order valence-electron chi connectivity index (χ2n) is 5.62. The quantitative estimate of drug-likeness (QED) is 0.740. The SMILES string of the molecule is CCCN(C1CCNC1)S(=O)(=O)c1ccc(OC)c(C(=O)OC)c1. The molecule has 1 saturated heterocycles. The van der Waals surface area contributed by atoms with Gasteiger partial charge in [-0.05, 0) is 37.6 Å². The molecule has 0 spiro atoms. The molecule has 1 fully saturated rings. The lowest BCUT2D eigenvalue weighted by molar-refractivity contribution is 0.0597. The fourth-order valence-corrected chi connectivity index (χ4v) is 4.63. The molecule has 7 nitrogen and oxygen atoms in total. The van der Waals surface area contributed by atoms with Gasteiger partial charge in [0, 0.05) is 19.1 Å². The monoisotopic (exact) mass is 356 g/mol. The number of sulfonamides is 1. The molecule has 1 unspecified atom stereocenters. The lowest BCUT2D eigenvalue weighted by Gasteiger charge is -2.27. The summed E-state index contributed by atoms with van der Waals surface area (Å²) >= 11 is 0. The number of ether oxygens (including phenoxy) is 2. The lowest BCUT2D eigenvalue weighted by Crippen LogP contribution is -2.42. The van der Waals surface area contributed by atoms with Crippen molar-refractivity contribution >= 4 is 16.0 Å². The summed E-state index contributed by atoms with van der Waals surface area (Å²) in [7, 11) is -1.04. The third-order valence-corrected chi connectivity index (χ3v) is 6.02. The van der Waals surface area contributed by atoms with Gasteiger partial charge in [-0.25, -0.2) is 13.2 Å². The van der Waals surface area contributed by atoms with Crippen LogP contribution in [0, 0.1) is 0 Å². The van der Waals surface area contributed by atoms with Gasteiger partial charge < -0.3 is 14.8 Å². The van der Waals surface area contributed by atoms with Gasteiger partial charge in [0.25, 0.3) is 0 Å². The van der Waals surface area contributed by atoms with E-state index in [9.17, 15) is 13.2 Å². The summed E-state index contributed by atoms with van der Waals surface area (Å²) in [4.78, 5) is 12.0. The van der Waals surface area contributed by atoms with Crippen LogP contribution in [0.2, 0.25) is 0 Å². The van der Waals surface area contributed by atoms with Gasteiger partial charge in [-0.3, -0.25) is 0 Å². The Morgan fingerprint density at radius 1 is 1.38 bits per heavy atom. The highest BCUT2D eigenvalue weighted by Crippen LogP contribution is 2.27. The van der Waals surface area contributed by atoms with Gasteiger partial charge in [0.1, 0.15) is 11.3 Å². The molecule has 2 rings (SSSR count). The maximum atomic E-state index is 13.1. The normalized spacial score (nSPS) is 17.9. The van der Waals surface area contributed by atoms with Gasteiger partial charge in [-0.15, -0.1) is 0 Å². The van der Waals surface area contributed by atoms with Crippen LogP contribution in [-0.4, -0.2) is 58.6 Å². The second kappa shape index (κ2) is 7.96. The maximum Gasteiger partial charge on any atom is 0.341 e. The van der Waals surface area contributed by atoms with Crippen LogP contribution < -0.4 is 10.1 Å². The van der Waals surface area contributed by atoms with E-state index in [-0.39, 0.29) is 22.3 Å². The molecule has 1 aliphatic heterocycles. The summed E-state index contributed by atoms with van der Waals surface area (Å²) in [6.07, 6.45) is 1.50. The van der Waals surface area contributed by atoms with Crippen molar-refractivity contribution < 1.29 is 22.7 Å². The van der Waals surface area contributed by atoms with Crippen LogP contribution in [0.4, 0.5) is 0 Å². The van der Waals surface area contributed by atoms with Crippen molar-refractivity contribution in [2.45, 2.75) is 30.7 Å². The Morgan fingerprint density at radius 3 is 2.67 bits per heavy atom. The molecule has 1 N–H and O–H groups in total. The number of benzene rings is 1. The Kier molecular flexibility index (Phi) is 6.20. The number of rotatable bonds is 7. The Bertz CT molecular complexity index is 684. The molecular formula is C16H24N2O5S. The zero-order valence-electron chi connectivity index (χ0n) is 14.2. The summed E-state index contributed by atoms with van der Waals surface area (Å²) in [5, 5.41) is 3.19. The first-order chi connectivity index (χ1) is 11.5. The Hall–Kier alpha value is -1.64. The highest BCUT2D eigenvalue weighted by molar-refractivity contribution is 7.89. The molecule has 1 atom stereocenters. The average molecular weight is 356 g/mol. The van der Waals surface area contributed by atoms with E-state index in [0.717, 1.165) is 19.4 Å². The molecule has 0 amide bonds. The molecule has 0 aliphatic carbocycles. The number of esters is 1. The molecule has 1 heterocycles. The first-order valence-corrected chi connectivity index (χ1v) is 9.38. The van der Waals surface area contributed by atoms with Crippen molar-refractivity contribution in [3.05, 3.63) is 23.8 Å². The van der Waals surface area contributed by atoms with Crippen molar-refractivity contribution in [3.63, 3.8) is 0 Å². The van der Waals surface area contributed by atoms with E-state index in [0.29, 0.717) is 13.1 Å². The van der Waals surface area contributed by atoms with Crippen LogP contribution in [0.15, 0.2) is 23.1 Å². The van der Waals surface area contributed by atoms with Crippen molar-refractivity contribution in [2.24, 2.45) is 0 Å². The van der Waals surface area contributed by atoms with Gasteiger partial charge in [-0.1, -0.05) is 6.92 Å². The number of carbonyl (C=O) groups excluding carboxylic acids is 1. The molecule has 1 aromatic carbocycles. The maximum absolute atomic E-state index is 13.1. The second-order valence-corrected chi connectivity index (χ2v) is 7.51. The summed E-state index contributed by atoms with van der Waals surface area (Å²) in [5.74, 6) is -0.348. The standard InChI is InChI=1S/C16H24N2O5S/c1-4-9-18(12-7-8-17-11-12)24(20,21)13-5-6-15(22-2)14(10-13)16(19)23-3/h5-6,10,12,17H,4,7-9,11H2,1-3H3. The largest absolute Gasteiger partial charge is 0.496 e. The van der Waals surface area contributed by atoms with Gasteiger partial charge in [-0.2, -0.15) is 4.31 Å². The lowest BCUT2D eigenvalue weighted by atomic mass is 10.2. The first-order valence-electron chi connectivity index (χ1n) is 7.94. The van der Waals surface area contributed by atoms with Gasteiger partial charge >= 0.3 is 5.97 Å².